The van der Waals surface area contributed by atoms with E-state index in [0.717, 1.165) is 16.7 Å². The highest BCUT2D eigenvalue weighted by atomic mass is 16.5. The lowest BCUT2D eigenvalue weighted by Gasteiger charge is -1.82. The number of rotatable bonds is 0. The van der Waals surface area contributed by atoms with Gasteiger partial charge in [-0.1, -0.05) is 17.3 Å². The Bertz CT molecular complexity index is 351. The molecule has 0 saturated carbocycles. The molecule has 0 aliphatic carbocycles. The average molecular weight is 133 g/mol. The van der Waals surface area contributed by atoms with Crippen LogP contribution in [0.4, 0.5) is 0 Å². The van der Waals surface area contributed by atoms with Crippen molar-refractivity contribution in [3.8, 4) is 0 Å². The predicted octanol–water partition coefficient (Wildman–Crippen LogP) is 2.14. The number of nitrogens with zero attached hydrogens (tertiary/aromatic N) is 1. The molecule has 0 spiro atoms. The molecule has 1 aromatic carbocycles. The lowest BCUT2D eigenvalue weighted by molar-refractivity contribution is 0.405. The van der Waals surface area contributed by atoms with Gasteiger partial charge in [-0.25, -0.2) is 0 Å². The number of benzene rings is 1. The fourth-order valence-corrected chi connectivity index (χ4v) is 1.02. The van der Waals surface area contributed by atoms with Crippen molar-refractivity contribution in [2.45, 2.75) is 6.92 Å². The van der Waals surface area contributed by atoms with Crippen molar-refractivity contribution in [3.63, 3.8) is 0 Å². The Hall–Kier alpha value is -1.31. The second-order valence-electron chi connectivity index (χ2n) is 2.26. The van der Waals surface area contributed by atoms with Gasteiger partial charge in [0.15, 0.2) is 0 Å². The standard InChI is InChI=1S/C8H7NO/c1-6-7-4-2-3-5-8(7)9-10-6/h2-5H,1H3. The van der Waals surface area contributed by atoms with E-state index in [0.29, 0.717) is 0 Å². The number of hydrogen-bond acceptors (Lipinski definition) is 2. The van der Waals surface area contributed by atoms with E-state index in [2.05, 4.69) is 5.16 Å². The Morgan fingerprint density at radius 2 is 2.10 bits per heavy atom. The third-order valence-corrected chi connectivity index (χ3v) is 1.56. The molecule has 1 aromatic heterocycles. The minimum Gasteiger partial charge on any atom is -0.360 e. The van der Waals surface area contributed by atoms with Crippen molar-refractivity contribution in [2.75, 3.05) is 0 Å². The molecule has 10 heavy (non-hydrogen) atoms. The van der Waals surface area contributed by atoms with Gasteiger partial charge in [0.05, 0.1) is 0 Å². The zero-order valence-electron chi connectivity index (χ0n) is 5.66. The Balaban J connectivity index is 2.93. The molecule has 0 N–H and O–H groups in total. The number of fused-ring (bicyclic) bond motifs is 1. The molecule has 2 rings (SSSR count). The van der Waals surface area contributed by atoms with Crippen LogP contribution in [0.3, 0.4) is 0 Å². The van der Waals surface area contributed by atoms with E-state index in [1.807, 2.05) is 31.2 Å². The van der Waals surface area contributed by atoms with Crippen LogP contribution in [0.25, 0.3) is 10.9 Å². The first-order chi connectivity index (χ1) is 4.88. The molecule has 0 saturated heterocycles. The second kappa shape index (κ2) is 1.84. The van der Waals surface area contributed by atoms with Gasteiger partial charge in [0.1, 0.15) is 11.3 Å². The Morgan fingerprint density at radius 1 is 1.30 bits per heavy atom. The third-order valence-electron chi connectivity index (χ3n) is 1.56. The molecule has 0 aliphatic rings. The molecule has 2 heteroatoms. The fraction of sp³-hybridized carbons (Fsp3) is 0.125. The summed E-state index contributed by atoms with van der Waals surface area (Å²) in [5.41, 5.74) is 0.931. The summed E-state index contributed by atoms with van der Waals surface area (Å²) in [6.45, 7) is 1.91. The van der Waals surface area contributed by atoms with Crippen molar-refractivity contribution in [1.82, 2.24) is 5.16 Å². The molecule has 50 valence electrons. The molecule has 0 fully saturated rings. The summed E-state index contributed by atoms with van der Waals surface area (Å²) in [6, 6.07) is 7.86. The van der Waals surface area contributed by atoms with E-state index in [1.54, 1.807) is 0 Å². The lowest BCUT2D eigenvalue weighted by atomic mass is 10.2. The first-order valence-corrected chi connectivity index (χ1v) is 3.19. The maximum absolute atomic E-state index is 4.96. The molecule has 2 nitrogen and oxygen atoms in total. The SMILES string of the molecule is Cc1onc2ccccc12. The van der Waals surface area contributed by atoms with Crippen molar-refractivity contribution in [1.29, 1.82) is 0 Å². The van der Waals surface area contributed by atoms with Gasteiger partial charge in [0.25, 0.3) is 0 Å². The highest BCUT2D eigenvalue weighted by molar-refractivity contribution is 5.79. The predicted molar refractivity (Wildman–Crippen MR) is 38.7 cm³/mol. The van der Waals surface area contributed by atoms with E-state index < -0.39 is 0 Å². The van der Waals surface area contributed by atoms with E-state index in [4.69, 9.17) is 4.52 Å². The molecule has 0 aliphatic heterocycles. The van der Waals surface area contributed by atoms with Crippen LogP contribution in [0.5, 0.6) is 0 Å². The first-order valence-electron chi connectivity index (χ1n) is 3.19. The molecular formula is C8H7NO. The van der Waals surface area contributed by atoms with Crippen molar-refractivity contribution in [3.05, 3.63) is 30.0 Å². The van der Waals surface area contributed by atoms with Crippen LogP contribution in [0.15, 0.2) is 28.8 Å². The maximum Gasteiger partial charge on any atom is 0.141 e. The topological polar surface area (TPSA) is 26.0 Å². The number of aromatic nitrogens is 1. The summed E-state index contributed by atoms with van der Waals surface area (Å²) >= 11 is 0. The first kappa shape index (κ1) is 5.47. The fourth-order valence-electron chi connectivity index (χ4n) is 1.02. The highest BCUT2D eigenvalue weighted by Crippen LogP contribution is 2.15. The van der Waals surface area contributed by atoms with Crippen LogP contribution >= 0.6 is 0 Å². The van der Waals surface area contributed by atoms with Crippen LogP contribution in [-0.2, 0) is 0 Å². The molecule has 1 heterocycles. The molecular weight excluding hydrogens is 126 g/mol. The summed E-state index contributed by atoms with van der Waals surface area (Å²) in [7, 11) is 0. The van der Waals surface area contributed by atoms with Gasteiger partial charge >= 0.3 is 0 Å². The summed E-state index contributed by atoms with van der Waals surface area (Å²) in [6.07, 6.45) is 0. The molecule has 0 unspecified atom stereocenters. The quantitative estimate of drug-likeness (QED) is 0.550. The summed E-state index contributed by atoms with van der Waals surface area (Å²) < 4.78 is 4.96. The summed E-state index contributed by atoms with van der Waals surface area (Å²) in [5, 5.41) is 4.94. The Kier molecular flexibility index (Phi) is 1.01. The average Bonchev–Trinajstić information content (AvgIpc) is 2.34. The third kappa shape index (κ3) is 0.620. The number of hydrogen-bond donors (Lipinski definition) is 0. The van der Waals surface area contributed by atoms with Crippen LogP contribution in [-0.4, -0.2) is 5.16 Å². The van der Waals surface area contributed by atoms with Crippen LogP contribution < -0.4 is 0 Å². The molecule has 0 radical (unpaired) electrons. The van der Waals surface area contributed by atoms with Gasteiger partial charge in [-0.2, -0.15) is 0 Å². The molecule has 0 atom stereocenters. The van der Waals surface area contributed by atoms with Crippen LogP contribution in [0.2, 0.25) is 0 Å². The molecule has 0 amide bonds. The van der Waals surface area contributed by atoms with Gasteiger partial charge in [-0.05, 0) is 19.1 Å². The lowest BCUT2D eigenvalue weighted by Crippen LogP contribution is -1.64. The normalized spacial score (nSPS) is 10.5. The number of aryl methyl sites for hydroxylation is 1. The van der Waals surface area contributed by atoms with Crippen LogP contribution in [0.1, 0.15) is 5.76 Å². The zero-order chi connectivity index (χ0) is 6.97. The van der Waals surface area contributed by atoms with Gasteiger partial charge in [0, 0.05) is 5.39 Å². The molecule has 2 aromatic rings. The maximum atomic E-state index is 4.96. The van der Waals surface area contributed by atoms with E-state index in [1.165, 1.54) is 0 Å². The second-order valence-corrected chi connectivity index (χ2v) is 2.26. The summed E-state index contributed by atoms with van der Waals surface area (Å²) in [5.74, 6) is 0.885. The van der Waals surface area contributed by atoms with E-state index >= 15 is 0 Å². The van der Waals surface area contributed by atoms with Gasteiger partial charge in [-0.15, -0.1) is 0 Å². The van der Waals surface area contributed by atoms with Crippen LogP contribution in [0, 0.1) is 6.92 Å². The minimum atomic E-state index is 0.885. The van der Waals surface area contributed by atoms with Crippen molar-refractivity contribution < 1.29 is 4.52 Å². The van der Waals surface area contributed by atoms with Gasteiger partial charge in [0.2, 0.25) is 0 Å². The molecule has 0 bridgehead atoms. The van der Waals surface area contributed by atoms with Gasteiger partial charge in [-0.3, -0.25) is 0 Å². The van der Waals surface area contributed by atoms with Crippen molar-refractivity contribution in [2.24, 2.45) is 0 Å². The van der Waals surface area contributed by atoms with Gasteiger partial charge < -0.3 is 4.52 Å². The smallest absolute Gasteiger partial charge is 0.141 e. The van der Waals surface area contributed by atoms with Crippen molar-refractivity contribution >= 4 is 10.9 Å². The Labute approximate surface area is 58.4 Å². The van der Waals surface area contributed by atoms with E-state index in [9.17, 15) is 0 Å². The van der Waals surface area contributed by atoms with E-state index in [-0.39, 0.29) is 0 Å². The Morgan fingerprint density at radius 3 is 2.90 bits per heavy atom. The zero-order valence-corrected chi connectivity index (χ0v) is 5.66. The largest absolute Gasteiger partial charge is 0.360 e. The monoisotopic (exact) mass is 133 g/mol. The highest BCUT2D eigenvalue weighted by Gasteiger charge is 1.99. The summed E-state index contributed by atoms with van der Waals surface area (Å²) in [4.78, 5) is 0. The minimum absolute atomic E-state index is 0.885.